The average Bonchev–Trinajstić information content (AvgIpc) is 2.94. The lowest BCUT2D eigenvalue weighted by Crippen LogP contribution is -2.48. The second kappa shape index (κ2) is 7.61. The van der Waals surface area contributed by atoms with E-state index in [1.807, 2.05) is 20.8 Å². The monoisotopic (exact) mass is 393 g/mol. The van der Waals surface area contributed by atoms with Crippen molar-refractivity contribution in [2.24, 2.45) is 0 Å². The summed E-state index contributed by atoms with van der Waals surface area (Å²) >= 11 is 0. The Labute approximate surface area is 161 Å². The topological polar surface area (TPSA) is 75.9 Å². The molecule has 2 heterocycles. The zero-order chi connectivity index (χ0) is 19.8. The van der Waals surface area contributed by atoms with Crippen molar-refractivity contribution in [2.75, 3.05) is 33.3 Å². The van der Waals surface area contributed by atoms with Crippen LogP contribution in [0.5, 0.6) is 5.75 Å². The maximum atomic E-state index is 13.1. The van der Waals surface area contributed by atoms with E-state index in [4.69, 9.17) is 9.15 Å². The third kappa shape index (κ3) is 4.02. The first-order valence-corrected chi connectivity index (χ1v) is 10.5. The molecule has 1 fully saturated rings. The number of rotatable bonds is 5. The molecule has 0 amide bonds. The summed E-state index contributed by atoms with van der Waals surface area (Å²) in [5.41, 5.74) is 2.41. The highest BCUT2D eigenvalue weighted by molar-refractivity contribution is 7.89. The molecule has 148 valence electrons. The fourth-order valence-electron chi connectivity index (χ4n) is 3.33. The Morgan fingerprint density at radius 3 is 2.30 bits per heavy atom. The molecule has 1 aliphatic rings. The third-order valence-electron chi connectivity index (χ3n) is 5.07. The molecular formula is C19H27N3O4S. The predicted octanol–water partition coefficient (Wildman–Crippen LogP) is 2.42. The van der Waals surface area contributed by atoms with E-state index in [-0.39, 0.29) is 0 Å². The second-order valence-corrected chi connectivity index (χ2v) is 8.92. The molecule has 0 saturated carbocycles. The predicted molar refractivity (Wildman–Crippen MR) is 102 cm³/mol. The molecule has 27 heavy (non-hydrogen) atoms. The first-order valence-electron chi connectivity index (χ1n) is 9.03. The van der Waals surface area contributed by atoms with E-state index in [1.165, 1.54) is 0 Å². The van der Waals surface area contributed by atoms with Crippen molar-refractivity contribution in [1.29, 1.82) is 0 Å². The summed E-state index contributed by atoms with van der Waals surface area (Å²) in [4.78, 5) is 6.93. The molecule has 0 aliphatic carbocycles. The minimum atomic E-state index is -3.53. The molecule has 0 unspecified atom stereocenters. The zero-order valence-corrected chi connectivity index (χ0v) is 17.4. The third-order valence-corrected chi connectivity index (χ3v) is 7.11. The van der Waals surface area contributed by atoms with Crippen LogP contribution in [-0.4, -0.2) is 55.9 Å². The number of oxazole rings is 1. The molecule has 2 aromatic rings. The van der Waals surface area contributed by atoms with E-state index in [0.29, 0.717) is 54.8 Å². The number of aromatic nitrogens is 1. The molecule has 7 nitrogen and oxygen atoms in total. The summed E-state index contributed by atoms with van der Waals surface area (Å²) in [6.45, 7) is 10.3. The molecule has 0 bridgehead atoms. The average molecular weight is 394 g/mol. The number of piperazine rings is 1. The fraction of sp³-hybridized carbons (Fsp3) is 0.526. The van der Waals surface area contributed by atoms with Gasteiger partial charge in [-0.05, 0) is 51.0 Å². The van der Waals surface area contributed by atoms with Gasteiger partial charge >= 0.3 is 0 Å². The number of nitrogens with zero attached hydrogens (tertiary/aromatic N) is 3. The molecule has 1 saturated heterocycles. The van der Waals surface area contributed by atoms with Crippen LogP contribution in [0.15, 0.2) is 21.4 Å². The Kier molecular flexibility index (Phi) is 5.60. The molecule has 0 radical (unpaired) electrons. The maximum absolute atomic E-state index is 13.1. The molecule has 1 aromatic heterocycles. The Hall–Kier alpha value is -1.90. The number of ether oxygens (including phenoxy) is 1. The second-order valence-electron chi connectivity index (χ2n) is 7.02. The number of sulfonamides is 1. The first kappa shape index (κ1) is 19.9. The summed E-state index contributed by atoms with van der Waals surface area (Å²) < 4.78 is 38.7. The highest BCUT2D eigenvalue weighted by Gasteiger charge is 2.30. The van der Waals surface area contributed by atoms with Gasteiger partial charge in [-0.2, -0.15) is 4.31 Å². The van der Waals surface area contributed by atoms with Gasteiger partial charge < -0.3 is 9.15 Å². The highest BCUT2D eigenvalue weighted by atomic mass is 32.2. The molecule has 1 aliphatic heterocycles. The Balaban J connectivity index is 1.70. The van der Waals surface area contributed by atoms with Crippen molar-refractivity contribution in [3.05, 3.63) is 40.6 Å². The summed E-state index contributed by atoms with van der Waals surface area (Å²) in [6.07, 6.45) is 0. The van der Waals surface area contributed by atoms with Crippen molar-refractivity contribution in [1.82, 2.24) is 14.2 Å². The van der Waals surface area contributed by atoms with E-state index in [1.54, 1.807) is 30.5 Å². The highest BCUT2D eigenvalue weighted by Crippen LogP contribution is 2.28. The largest absolute Gasteiger partial charge is 0.496 e. The van der Waals surface area contributed by atoms with E-state index < -0.39 is 10.0 Å². The Morgan fingerprint density at radius 1 is 1.07 bits per heavy atom. The lowest BCUT2D eigenvalue weighted by molar-refractivity contribution is 0.167. The quantitative estimate of drug-likeness (QED) is 0.777. The first-order chi connectivity index (χ1) is 12.7. The van der Waals surface area contributed by atoms with E-state index >= 15 is 0 Å². The number of benzene rings is 1. The van der Waals surface area contributed by atoms with Crippen LogP contribution in [0.25, 0.3) is 0 Å². The van der Waals surface area contributed by atoms with Crippen LogP contribution in [0.3, 0.4) is 0 Å². The van der Waals surface area contributed by atoms with Gasteiger partial charge in [-0.1, -0.05) is 0 Å². The van der Waals surface area contributed by atoms with E-state index in [9.17, 15) is 8.42 Å². The zero-order valence-electron chi connectivity index (χ0n) is 16.6. The van der Waals surface area contributed by atoms with Crippen molar-refractivity contribution in [2.45, 2.75) is 39.1 Å². The Morgan fingerprint density at radius 2 is 1.74 bits per heavy atom. The lowest BCUT2D eigenvalue weighted by Gasteiger charge is -2.33. The number of hydrogen-bond acceptors (Lipinski definition) is 6. The molecule has 0 N–H and O–H groups in total. The molecule has 0 spiro atoms. The van der Waals surface area contributed by atoms with Gasteiger partial charge in [0.1, 0.15) is 11.5 Å². The molecule has 0 atom stereocenters. The maximum Gasteiger partial charge on any atom is 0.243 e. The summed E-state index contributed by atoms with van der Waals surface area (Å²) in [7, 11) is -1.94. The summed E-state index contributed by atoms with van der Waals surface area (Å²) in [5, 5.41) is 0. The summed E-state index contributed by atoms with van der Waals surface area (Å²) in [5.74, 6) is 2.22. The minimum absolute atomic E-state index is 0.355. The van der Waals surface area contributed by atoms with Crippen molar-refractivity contribution < 1.29 is 17.6 Å². The van der Waals surface area contributed by atoms with Crippen molar-refractivity contribution in [3.63, 3.8) is 0 Å². The van der Waals surface area contributed by atoms with Crippen LogP contribution in [0, 0.1) is 27.7 Å². The van der Waals surface area contributed by atoms with Gasteiger partial charge in [0.25, 0.3) is 0 Å². The normalized spacial score (nSPS) is 16.6. The molecule has 3 rings (SSSR count). The number of hydrogen-bond donors (Lipinski definition) is 0. The SMILES string of the molecule is COc1cc(C)c(S(=O)(=O)N2CCN(Cc3nc(C)c(C)o3)CC2)cc1C. The van der Waals surface area contributed by atoms with Gasteiger partial charge in [0.2, 0.25) is 15.9 Å². The fourth-order valence-corrected chi connectivity index (χ4v) is 5.04. The van der Waals surface area contributed by atoms with Gasteiger partial charge in [-0.25, -0.2) is 13.4 Å². The van der Waals surface area contributed by atoms with Gasteiger partial charge in [-0.15, -0.1) is 0 Å². The Bertz CT molecular complexity index is 909. The van der Waals surface area contributed by atoms with Crippen LogP contribution in [0.2, 0.25) is 0 Å². The minimum Gasteiger partial charge on any atom is -0.496 e. The van der Waals surface area contributed by atoms with Crippen molar-refractivity contribution >= 4 is 10.0 Å². The lowest BCUT2D eigenvalue weighted by atomic mass is 10.1. The number of methoxy groups -OCH3 is 1. The van der Waals surface area contributed by atoms with Crippen LogP contribution in [0.4, 0.5) is 0 Å². The van der Waals surface area contributed by atoms with Crippen molar-refractivity contribution in [3.8, 4) is 5.75 Å². The molecule has 8 heteroatoms. The van der Waals surface area contributed by atoms with Gasteiger partial charge in [-0.3, -0.25) is 4.90 Å². The molecular weight excluding hydrogens is 366 g/mol. The van der Waals surface area contributed by atoms with Crippen LogP contribution >= 0.6 is 0 Å². The smallest absolute Gasteiger partial charge is 0.243 e. The van der Waals surface area contributed by atoms with E-state index in [2.05, 4.69) is 9.88 Å². The van der Waals surface area contributed by atoms with Crippen LogP contribution < -0.4 is 4.74 Å². The van der Waals surface area contributed by atoms with Gasteiger partial charge in [0.05, 0.1) is 24.2 Å². The van der Waals surface area contributed by atoms with Gasteiger partial charge in [0.15, 0.2) is 0 Å². The summed E-state index contributed by atoms with van der Waals surface area (Å²) in [6, 6.07) is 3.49. The van der Waals surface area contributed by atoms with Crippen LogP contribution in [0.1, 0.15) is 28.5 Å². The van der Waals surface area contributed by atoms with E-state index in [0.717, 1.165) is 17.0 Å². The van der Waals surface area contributed by atoms with Crippen LogP contribution in [-0.2, 0) is 16.6 Å². The van der Waals surface area contributed by atoms with Gasteiger partial charge in [0, 0.05) is 26.2 Å². The number of aryl methyl sites for hydroxylation is 4. The standard InChI is InChI=1S/C19H27N3O4S/c1-13-11-18(14(2)10-17(13)25-5)27(23,24)22-8-6-21(7-9-22)12-19-20-15(3)16(4)26-19/h10-11H,6-9,12H2,1-5H3. The molecule has 1 aromatic carbocycles.